The highest BCUT2D eigenvalue weighted by Crippen LogP contribution is 2.38. The van der Waals surface area contributed by atoms with Crippen molar-refractivity contribution in [3.8, 4) is 5.88 Å². The summed E-state index contributed by atoms with van der Waals surface area (Å²) >= 11 is 7.96. The average molecular weight is 555 g/mol. The van der Waals surface area contributed by atoms with E-state index in [4.69, 9.17) is 11.6 Å². The zero-order chi connectivity index (χ0) is 26.9. The normalized spacial score (nSPS) is 16.7. The Morgan fingerprint density at radius 3 is 2.68 bits per heavy atom. The predicted molar refractivity (Wildman–Crippen MR) is 149 cm³/mol. The molecule has 1 amide bonds. The van der Waals surface area contributed by atoms with Gasteiger partial charge in [0, 0.05) is 31.0 Å². The zero-order valence-corrected chi connectivity index (χ0v) is 23.1. The van der Waals surface area contributed by atoms with Crippen molar-refractivity contribution in [2.24, 2.45) is 5.41 Å². The fraction of sp³-hybridized carbons (Fsp3) is 0.444. The topological polar surface area (TPSA) is 113 Å². The molecular formula is C27H31ClN6O3S. The number of aromatic hydroxyl groups is 1. The number of anilines is 2. The molecule has 9 nitrogen and oxygen atoms in total. The van der Waals surface area contributed by atoms with E-state index in [2.05, 4.69) is 39.0 Å². The molecule has 38 heavy (non-hydrogen) atoms. The van der Waals surface area contributed by atoms with Crippen LogP contribution in [0.15, 0.2) is 45.3 Å². The number of hydrogen-bond donors (Lipinski definition) is 2. The summed E-state index contributed by atoms with van der Waals surface area (Å²) in [6.45, 7) is 7.02. The number of amides is 1. The fourth-order valence-electron chi connectivity index (χ4n) is 4.90. The Morgan fingerprint density at radius 1 is 1.18 bits per heavy atom. The van der Waals surface area contributed by atoms with Crippen molar-refractivity contribution in [2.75, 3.05) is 23.3 Å². The summed E-state index contributed by atoms with van der Waals surface area (Å²) in [6, 6.07) is 5.21. The van der Waals surface area contributed by atoms with Gasteiger partial charge in [0.25, 0.3) is 11.5 Å². The number of halogens is 1. The molecule has 11 heteroatoms. The molecule has 3 aromatic rings. The van der Waals surface area contributed by atoms with Gasteiger partial charge in [0.15, 0.2) is 5.56 Å². The number of nitrogens with one attached hydrogen (secondary N) is 1. The number of hydrogen-bond acceptors (Lipinski definition) is 8. The highest BCUT2D eigenvalue weighted by atomic mass is 35.5. The Hall–Kier alpha value is -3.11. The lowest BCUT2D eigenvalue weighted by molar-refractivity contribution is 0.102. The average Bonchev–Trinajstić information content (AvgIpc) is 2.92. The van der Waals surface area contributed by atoms with Crippen LogP contribution in [0.5, 0.6) is 5.88 Å². The highest BCUT2D eigenvalue weighted by Gasteiger charge is 2.29. The molecule has 1 aromatic carbocycles. The monoisotopic (exact) mass is 554 g/mol. The highest BCUT2D eigenvalue weighted by molar-refractivity contribution is 7.99. The van der Waals surface area contributed by atoms with Gasteiger partial charge in [0.05, 0.1) is 23.1 Å². The molecule has 0 atom stereocenters. The maximum absolute atomic E-state index is 13.0. The third-order valence-electron chi connectivity index (χ3n) is 7.68. The lowest BCUT2D eigenvalue weighted by Crippen LogP contribution is -2.38. The summed E-state index contributed by atoms with van der Waals surface area (Å²) in [4.78, 5) is 42.1. The fourth-order valence-corrected chi connectivity index (χ4v) is 5.97. The molecule has 0 bridgehead atoms. The van der Waals surface area contributed by atoms with E-state index < -0.39 is 17.3 Å². The van der Waals surface area contributed by atoms with Crippen LogP contribution < -0.4 is 15.8 Å². The van der Waals surface area contributed by atoms with Gasteiger partial charge in [0.1, 0.15) is 16.7 Å². The molecule has 1 fully saturated rings. The Bertz CT molecular complexity index is 1400. The number of carbonyl (C=O) groups excluding carboxylic acids is 1. The third kappa shape index (κ3) is 5.37. The van der Waals surface area contributed by atoms with Crippen LogP contribution in [0.3, 0.4) is 0 Å². The van der Waals surface area contributed by atoms with Crippen LogP contribution in [-0.4, -0.2) is 43.6 Å². The third-order valence-corrected chi connectivity index (χ3v) is 9.18. The Labute approximate surface area is 230 Å². The van der Waals surface area contributed by atoms with Crippen LogP contribution >= 0.6 is 23.4 Å². The second-order valence-electron chi connectivity index (χ2n) is 10.2. The zero-order valence-electron chi connectivity index (χ0n) is 21.5. The van der Waals surface area contributed by atoms with E-state index in [0.29, 0.717) is 44.8 Å². The molecule has 0 radical (unpaired) electrons. The Balaban J connectivity index is 1.29. The summed E-state index contributed by atoms with van der Waals surface area (Å²) < 4.78 is 1.46. The standard InChI is InChI=1S/C27H31ClN6O3S/c1-3-27(2)10-13-33(14-11-27)20-15-30-21(16-29-20)38-18-8-6-7-17(23(18)28)31-24(35)22-25(36)32-19-9-4-5-12-34(19)26(22)37/h6-8,15-16,36H,3-5,9-14H2,1-2H3,(H,31,35). The van der Waals surface area contributed by atoms with Gasteiger partial charge in [-0.1, -0.05) is 49.7 Å². The maximum Gasteiger partial charge on any atom is 0.270 e. The van der Waals surface area contributed by atoms with Crippen LogP contribution in [0.4, 0.5) is 11.5 Å². The molecule has 1 saturated heterocycles. The van der Waals surface area contributed by atoms with E-state index in [-0.39, 0.29) is 5.56 Å². The minimum absolute atomic E-state index is 0.303. The van der Waals surface area contributed by atoms with Gasteiger partial charge in [-0.25, -0.2) is 9.97 Å². The number of rotatable bonds is 6. The van der Waals surface area contributed by atoms with E-state index in [1.165, 1.54) is 22.7 Å². The van der Waals surface area contributed by atoms with Crippen LogP contribution in [-0.2, 0) is 13.0 Å². The summed E-state index contributed by atoms with van der Waals surface area (Å²) in [7, 11) is 0. The first kappa shape index (κ1) is 26.5. The van der Waals surface area contributed by atoms with Gasteiger partial charge >= 0.3 is 0 Å². The molecule has 5 rings (SSSR count). The van der Waals surface area contributed by atoms with Crippen molar-refractivity contribution in [3.63, 3.8) is 0 Å². The number of aryl methyl sites for hydroxylation is 1. The summed E-state index contributed by atoms with van der Waals surface area (Å²) in [5.41, 5.74) is -0.210. The van der Waals surface area contributed by atoms with Gasteiger partial charge in [-0.3, -0.25) is 14.2 Å². The van der Waals surface area contributed by atoms with Crippen LogP contribution in [0.2, 0.25) is 5.02 Å². The minimum atomic E-state index is -0.755. The lowest BCUT2D eigenvalue weighted by atomic mass is 9.78. The van der Waals surface area contributed by atoms with Crippen LogP contribution in [0.25, 0.3) is 0 Å². The quantitative estimate of drug-likeness (QED) is 0.430. The van der Waals surface area contributed by atoms with Crippen molar-refractivity contribution in [1.82, 2.24) is 19.5 Å². The molecule has 2 aliphatic rings. The van der Waals surface area contributed by atoms with Crippen molar-refractivity contribution in [1.29, 1.82) is 0 Å². The van der Waals surface area contributed by atoms with E-state index in [0.717, 1.165) is 44.6 Å². The van der Waals surface area contributed by atoms with E-state index in [1.54, 1.807) is 24.5 Å². The molecule has 0 unspecified atom stereocenters. The number of nitrogens with zero attached hydrogens (tertiary/aromatic N) is 5. The van der Waals surface area contributed by atoms with Crippen molar-refractivity contribution in [3.05, 3.63) is 57.4 Å². The predicted octanol–water partition coefficient (Wildman–Crippen LogP) is 5.15. The van der Waals surface area contributed by atoms with Gasteiger partial charge < -0.3 is 15.3 Å². The lowest BCUT2D eigenvalue weighted by Gasteiger charge is -2.39. The first-order valence-electron chi connectivity index (χ1n) is 13.0. The van der Waals surface area contributed by atoms with Gasteiger partial charge in [-0.15, -0.1) is 0 Å². The molecule has 2 aromatic heterocycles. The summed E-state index contributed by atoms with van der Waals surface area (Å²) in [6.07, 6.45) is 9.29. The Kier molecular flexibility index (Phi) is 7.63. The maximum atomic E-state index is 13.0. The van der Waals surface area contributed by atoms with Gasteiger partial charge in [-0.2, -0.15) is 4.98 Å². The first-order chi connectivity index (χ1) is 18.3. The molecule has 200 valence electrons. The number of piperidine rings is 1. The summed E-state index contributed by atoms with van der Waals surface area (Å²) in [5.74, 6) is 0.0448. The Morgan fingerprint density at radius 2 is 1.97 bits per heavy atom. The number of benzene rings is 1. The molecule has 2 aliphatic heterocycles. The van der Waals surface area contributed by atoms with Crippen LogP contribution in [0, 0.1) is 5.41 Å². The van der Waals surface area contributed by atoms with Crippen molar-refractivity contribution in [2.45, 2.75) is 68.8 Å². The van der Waals surface area contributed by atoms with Gasteiger partial charge in [-0.05, 0) is 43.2 Å². The van der Waals surface area contributed by atoms with Gasteiger partial charge in [0.2, 0.25) is 5.88 Å². The second-order valence-corrected chi connectivity index (χ2v) is 11.6. The van der Waals surface area contributed by atoms with Crippen molar-refractivity contribution < 1.29 is 9.90 Å². The molecule has 2 N–H and O–H groups in total. The first-order valence-corrected chi connectivity index (χ1v) is 14.1. The van der Waals surface area contributed by atoms with E-state index in [9.17, 15) is 14.7 Å². The minimum Gasteiger partial charge on any atom is -0.493 e. The smallest absolute Gasteiger partial charge is 0.270 e. The SMILES string of the molecule is CCC1(C)CCN(c2cnc(Sc3cccc(NC(=O)c4c(O)nc5n(c4=O)CCCC5)c3Cl)cn2)CC1. The largest absolute Gasteiger partial charge is 0.493 e. The van der Waals surface area contributed by atoms with E-state index in [1.807, 2.05) is 6.07 Å². The van der Waals surface area contributed by atoms with Crippen LogP contribution in [0.1, 0.15) is 62.1 Å². The number of fused-ring (bicyclic) bond motifs is 1. The van der Waals surface area contributed by atoms with Crippen molar-refractivity contribution >= 4 is 40.8 Å². The molecule has 4 heterocycles. The second kappa shape index (κ2) is 10.9. The summed E-state index contributed by atoms with van der Waals surface area (Å²) in [5, 5.41) is 14.0. The molecule has 0 aliphatic carbocycles. The molecule has 0 saturated carbocycles. The molecule has 0 spiro atoms. The number of carbonyl (C=O) groups is 1. The van der Waals surface area contributed by atoms with E-state index >= 15 is 0 Å². The number of aromatic nitrogens is 4. The molecular weight excluding hydrogens is 524 g/mol.